The molecular weight excluding hydrogens is 294 g/mol. The highest BCUT2D eigenvalue weighted by molar-refractivity contribution is 5.91. The second-order valence-corrected chi connectivity index (χ2v) is 6.42. The zero-order chi connectivity index (χ0) is 16.0. The Balaban J connectivity index is 1.52. The van der Waals surface area contributed by atoms with Crippen molar-refractivity contribution in [2.24, 2.45) is 11.8 Å². The van der Waals surface area contributed by atoms with Gasteiger partial charge in [0.15, 0.2) is 0 Å². The zero-order valence-corrected chi connectivity index (χ0v) is 13.0. The molecule has 120 valence electrons. The number of likely N-dealkylation sites (tertiary alicyclic amines) is 1. The van der Waals surface area contributed by atoms with E-state index in [0.717, 1.165) is 6.42 Å². The average Bonchev–Trinajstić information content (AvgIpc) is 3.21. The zero-order valence-electron chi connectivity index (χ0n) is 13.0. The topological polar surface area (TPSA) is 55.8 Å². The minimum atomic E-state index is -0.642. The Bertz CT molecular complexity index is 671. The summed E-state index contributed by atoms with van der Waals surface area (Å²) >= 11 is 0. The van der Waals surface area contributed by atoms with Gasteiger partial charge in [-0.3, -0.25) is 9.59 Å². The van der Waals surface area contributed by atoms with Crippen molar-refractivity contribution >= 4 is 11.9 Å². The monoisotopic (exact) mass is 313 g/mol. The number of ether oxygens (including phenoxy) is 2. The van der Waals surface area contributed by atoms with E-state index in [-0.39, 0.29) is 18.0 Å². The molecule has 1 spiro atoms. The second-order valence-electron chi connectivity index (χ2n) is 6.42. The maximum absolute atomic E-state index is 12.8. The summed E-state index contributed by atoms with van der Waals surface area (Å²) in [6.45, 7) is 1.15. The third-order valence-corrected chi connectivity index (χ3v) is 5.17. The second kappa shape index (κ2) is 5.20. The fourth-order valence-corrected chi connectivity index (χ4v) is 4.08. The van der Waals surface area contributed by atoms with E-state index >= 15 is 0 Å². The highest BCUT2D eigenvalue weighted by Gasteiger charge is 2.67. The normalized spacial score (nSPS) is 34.0. The van der Waals surface area contributed by atoms with Crippen LogP contribution in [0.4, 0.5) is 0 Å². The number of fused-ring (bicyclic) bond motifs is 1. The average molecular weight is 313 g/mol. The lowest BCUT2D eigenvalue weighted by molar-refractivity contribution is -0.151. The van der Waals surface area contributed by atoms with Gasteiger partial charge in [0.25, 0.3) is 0 Å². The number of amides is 1. The molecule has 4 atom stereocenters. The van der Waals surface area contributed by atoms with Crippen molar-refractivity contribution in [1.82, 2.24) is 4.90 Å². The maximum Gasteiger partial charge on any atom is 0.312 e. The first-order chi connectivity index (χ1) is 11.1. The summed E-state index contributed by atoms with van der Waals surface area (Å²) in [6.07, 6.45) is 4.33. The van der Waals surface area contributed by atoms with Crippen LogP contribution in [0.1, 0.15) is 5.56 Å². The largest absolute Gasteiger partial charge is 0.469 e. The van der Waals surface area contributed by atoms with Gasteiger partial charge in [-0.1, -0.05) is 42.5 Å². The third-order valence-electron chi connectivity index (χ3n) is 5.17. The number of hydrogen-bond acceptors (Lipinski definition) is 4. The predicted molar refractivity (Wildman–Crippen MR) is 82.5 cm³/mol. The van der Waals surface area contributed by atoms with Crippen LogP contribution < -0.4 is 0 Å². The molecule has 1 amide bonds. The van der Waals surface area contributed by atoms with Crippen molar-refractivity contribution in [3.8, 4) is 0 Å². The van der Waals surface area contributed by atoms with E-state index in [1.54, 1.807) is 0 Å². The first-order valence-corrected chi connectivity index (χ1v) is 7.92. The Morgan fingerprint density at radius 3 is 2.91 bits per heavy atom. The Morgan fingerprint density at radius 2 is 2.17 bits per heavy atom. The Hall–Kier alpha value is -2.14. The molecule has 2 fully saturated rings. The Morgan fingerprint density at radius 1 is 1.39 bits per heavy atom. The minimum Gasteiger partial charge on any atom is -0.469 e. The van der Waals surface area contributed by atoms with Crippen molar-refractivity contribution in [3.05, 3.63) is 48.0 Å². The molecular formula is C18H19NO4. The summed E-state index contributed by atoms with van der Waals surface area (Å²) < 4.78 is 10.9. The summed E-state index contributed by atoms with van der Waals surface area (Å²) in [5, 5.41) is 0. The van der Waals surface area contributed by atoms with Crippen molar-refractivity contribution in [2.75, 3.05) is 20.2 Å². The third kappa shape index (κ3) is 2.10. The highest BCUT2D eigenvalue weighted by atomic mass is 16.5. The molecule has 3 aliphatic rings. The van der Waals surface area contributed by atoms with Crippen LogP contribution in [-0.2, 0) is 25.5 Å². The van der Waals surface area contributed by atoms with Gasteiger partial charge < -0.3 is 14.4 Å². The van der Waals surface area contributed by atoms with Crippen LogP contribution in [0.25, 0.3) is 0 Å². The van der Waals surface area contributed by atoms with Crippen molar-refractivity contribution in [2.45, 2.75) is 18.1 Å². The smallest absolute Gasteiger partial charge is 0.312 e. The molecule has 23 heavy (non-hydrogen) atoms. The summed E-state index contributed by atoms with van der Waals surface area (Å²) in [5.74, 6) is -1.31. The fourth-order valence-electron chi connectivity index (χ4n) is 4.08. The van der Waals surface area contributed by atoms with Gasteiger partial charge in [-0.05, 0) is 12.0 Å². The van der Waals surface area contributed by atoms with E-state index in [9.17, 15) is 9.59 Å². The number of rotatable bonds is 4. The van der Waals surface area contributed by atoms with Gasteiger partial charge in [-0.15, -0.1) is 0 Å². The van der Waals surface area contributed by atoms with Gasteiger partial charge in [0.2, 0.25) is 5.91 Å². The SMILES string of the molecule is COC(=O)[C@H]1[C@H]2C=C[C@@]3(CN(CCc4ccccc4)C(=O)[C@@H]13)O2. The Kier molecular flexibility index (Phi) is 3.27. The lowest BCUT2D eigenvalue weighted by atomic mass is 9.77. The first kappa shape index (κ1) is 14.5. The standard InChI is InChI=1S/C18H19NO4/c1-22-17(21)14-13-7-9-18(23-13)11-19(16(20)15(14)18)10-8-12-5-3-2-4-6-12/h2-7,9,13-15H,8,10-11H2,1H3/t13-,14+,15-,18+/m1/s1. The number of hydrogen-bond donors (Lipinski definition) is 0. The molecule has 0 aromatic heterocycles. The fraction of sp³-hybridized carbons (Fsp3) is 0.444. The van der Waals surface area contributed by atoms with E-state index in [1.807, 2.05) is 35.3 Å². The highest BCUT2D eigenvalue weighted by Crippen LogP contribution is 2.52. The molecule has 5 nitrogen and oxygen atoms in total. The first-order valence-electron chi connectivity index (χ1n) is 7.92. The van der Waals surface area contributed by atoms with Crippen LogP contribution in [0.3, 0.4) is 0 Å². The van der Waals surface area contributed by atoms with Crippen LogP contribution in [-0.4, -0.2) is 48.7 Å². The number of nitrogens with zero attached hydrogens (tertiary/aromatic N) is 1. The predicted octanol–water partition coefficient (Wildman–Crippen LogP) is 1.18. The number of carbonyl (C=O) groups excluding carboxylic acids is 2. The molecule has 5 heteroatoms. The summed E-state index contributed by atoms with van der Waals surface area (Å²) in [7, 11) is 1.36. The van der Waals surface area contributed by atoms with Gasteiger partial charge in [0, 0.05) is 6.54 Å². The molecule has 3 heterocycles. The number of esters is 1. The number of benzene rings is 1. The molecule has 2 saturated heterocycles. The van der Waals surface area contributed by atoms with Gasteiger partial charge in [0.05, 0.1) is 25.7 Å². The molecule has 0 saturated carbocycles. The molecule has 0 unspecified atom stereocenters. The van der Waals surface area contributed by atoms with Crippen LogP contribution in [0.5, 0.6) is 0 Å². The summed E-state index contributed by atoms with van der Waals surface area (Å²) in [5.41, 5.74) is 0.553. The van der Waals surface area contributed by atoms with Gasteiger partial charge >= 0.3 is 5.97 Å². The van der Waals surface area contributed by atoms with Gasteiger partial charge in [-0.25, -0.2) is 0 Å². The van der Waals surface area contributed by atoms with E-state index in [2.05, 4.69) is 12.1 Å². The Labute approximate surface area is 134 Å². The summed E-state index contributed by atoms with van der Waals surface area (Å²) in [6, 6.07) is 10.1. The van der Waals surface area contributed by atoms with E-state index in [1.165, 1.54) is 12.7 Å². The molecule has 1 aromatic carbocycles. The molecule has 1 aromatic rings. The summed E-state index contributed by atoms with van der Waals surface area (Å²) in [4.78, 5) is 26.7. The maximum atomic E-state index is 12.8. The van der Waals surface area contributed by atoms with Gasteiger partial charge in [0.1, 0.15) is 11.5 Å². The molecule has 0 radical (unpaired) electrons. The number of carbonyl (C=O) groups is 2. The van der Waals surface area contributed by atoms with Crippen molar-refractivity contribution < 1.29 is 19.1 Å². The number of methoxy groups -OCH3 is 1. The van der Waals surface area contributed by atoms with Crippen molar-refractivity contribution in [3.63, 3.8) is 0 Å². The van der Waals surface area contributed by atoms with Crippen LogP contribution in [0, 0.1) is 11.8 Å². The van der Waals surface area contributed by atoms with Crippen molar-refractivity contribution in [1.29, 1.82) is 0 Å². The van der Waals surface area contributed by atoms with Crippen LogP contribution in [0.2, 0.25) is 0 Å². The minimum absolute atomic E-state index is 0.00295. The molecule has 0 N–H and O–H groups in total. The van der Waals surface area contributed by atoms with E-state index in [4.69, 9.17) is 9.47 Å². The van der Waals surface area contributed by atoms with E-state index < -0.39 is 17.4 Å². The lowest BCUT2D eigenvalue weighted by Crippen LogP contribution is -2.39. The molecule has 2 bridgehead atoms. The van der Waals surface area contributed by atoms with E-state index in [0.29, 0.717) is 13.1 Å². The molecule has 3 aliphatic heterocycles. The molecule has 4 rings (SSSR count). The van der Waals surface area contributed by atoms with Crippen LogP contribution >= 0.6 is 0 Å². The quantitative estimate of drug-likeness (QED) is 0.619. The van der Waals surface area contributed by atoms with Crippen LogP contribution in [0.15, 0.2) is 42.5 Å². The van der Waals surface area contributed by atoms with Gasteiger partial charge in [-0.2, -0.15) is 0 Å². The lowest BCUT2D eigenvalue weighted by Gasteiger charge is -2.22. The molecule has 0 aliphatic carbocycles.